The fourth-order valence-corrected chi connectivity index (χ4v) is 1.12. The predicted molar refractivity (Wildman–Crippen MR) is 30.6 cm³/mol. The molecule has 0 saturated heterocycles. The monoisotopic (exact) mass is 158 g/mol. The maximum Gasteiger partial charge on any atom is 0.150 e. The molecule has 0 N–H and O–H groups in total. The largest absolute Gasteiger partial charge is 0.248 e. The van der Waals surface area contributed by atoms with Crippen molar-refractivity contribution in [3.8, 4) is 0 Å². The lowest BCUT2D eigenvalue weighted by Crippen LogP contribution is -2.17. The van der Waals surface area contributed by atoms with Gasteiger partial charge in [-0.3, -0.25) is 0 Å². The highest BCUT2D eigenvalue weighted by Gasteiger charge is 2.12. The van der Waals surface area contributed by atoms with Gasteiger partial charge in [0.25, 0.3) is 0 Å². The van der Waals surface area contributed by atoms with Gasteiger partial charge in [-0.1, -0.05) is 0 Å². The third-order valence-electron chi connectivity index (χ3n) is 0.651. The van der Waals surface area contributed by atoms with Crippen molar-refractivity contribution < 1.29 is 17.2 Å². The van der Waals surface area contributed by atoms with Crippen LogP contribution in [0.5, 0.6) is 0 Å². The van der Waals surface area contributed by atoms with E-state index in [1.165, 1.54) is 0 Å². The number of sulfone groups is 1. The van der Waals surface area contributed by atoms with E-state index in [1.807, 2.05) is 0 Å². The molecule has 0 spiro atoms. The lowest BCUT2D eigenvalue weighted by Gasteiger charge is -1.98. The summed E-state index contributed by atoms with van der Waals surface area (Å²) < 4.78 is 43.5. The third-order valence-corrected chi connectivity index (χ3v) is 1.62. The fraction of sp³-hybridized carbons (Fsp3) is 1.00. The average Bonchev–Trinajstić information content (AvgIpc) is 1.62. The van der Waals surface area contributed by atoms with E-state index >= 15 is 0 Å². The molecule has 5 heteroatoms. The molecule has 9 heavy (non-hydrogen) atoms. The van der Waals surface area contributed by atoms with Gasteiger partial charge in [0.05, 0.1) is 5.75 Å². The van der Waals surface area contributed by atoms with Crippen molar-refractivity contribution in [1.82, 2.24) is 0 Å². The van der Waals surface area contributed by atoms with Crippen molar-refractivity contribution in [1.29, 1.82) is 0 Å². The van der Waals surface area contributed by atoms with Crippen LogP contribution in [0, 0.1) is 0 Å². The van der Waals surface area contributed by atoms with Gasteiger partial charge in [0.15, 0.2) is 0 Å². The maximum absolute atomic E-state index is 11.9. The third kappa shape index (κ3) is 5.68. The Balaban J connectivity index is 3.75. The number of hydrogen-bond donors (Lipinski definition) is 0. The Morgan fingerprint density at radius 1 is 1.56 bits per heavy atom. The number of alkyl halides is 2. The number of halogens is 2. The Morgan fingerprint density at radius 3 is 2.11 bits per heavy atom. The lowest BCUT2D eigenvalue weighted by atomic mass is 10.5. The van der Waals surface area contributed by atoms with E-state index in [2.05, 4.69) is 0 Å². The molecule has 0 aliphatic carbocycles. The van der Waals surface area contributed by atoms with Gasteiger partial charge in [0.1, 0.15) is 22.7 Å². The van der Waals surface area contributed by atoms with Crippen molar-refractivity contribution in [2.75, 3.05) is 18.7 Å². The topological polar surface area (TPSA) is 34.1 Å². The van der Waals surface area contributed by atoms with Crippen LogP contribution < -0.4 is 0 Å². The van der Waals surface area contributed by atoms with Crippen LogP contribution in [-0.4, -0.2) is 33.3 Å². The van der Waals surface area contributed by atoms with Gasteiger partial charge >= 0.3 is 0 Å². The second kappa shape index (κ2) is 3.10. The molecule has 0 amide bonds. The Bertz CT molecular complexity index is 163. The highest BCUT2D eigenvalue weighted by Crippen LogP contribution is 1.95. The molecular weight excluding hydrogens is 150 g/mol. The molecule has 0 saturated carbocycles. The summed E-state index contributed by atoms with van der Waals surface area (Å²) in [6.45, 7) is -1.23. The van der Waals surface area contributed by atoms with E-state index in [0.29, 0.717) is 0 Å². The SMILES string of the molecule is CS(=O)(=O)CC(F)CF. The van der Waals surface area contributed by atoms with Crippen LogP contribution in [0.25, 0.3) is 0 Å². The summed E-state index contributed by atoms with van der Waals surface area (Å²) >= 11 is 0. The minimum atomic E-state index is -3.35. The van der Waals surface area contributed by atoms with E-state index in [9.17, 15) is 17.2 Å². The van der Waals surface area contributed by atoms with Gasteiger partial charge < -0.3 is 0 Å². The van der Waals surface area contributed by atoms with Gasteiger partial charge in [-0.25, -0.2) is 17.2 Å². The summed E-state index contributed by atoms with van der Waals surface area (Å²) in [5.74, 6) is -0.719. The molecule has 0 aromatic carbocycles. The summed E-state index contributed by atoms with van der Waals surface area (Å²) in [6.07, 6.45) is -0.991. The molecule has 0 fully saturated rings. The molecule has 1 unspecified atom stereocenters. The molecule has 2 nitrogen and oxygen atoms in total. The summed E-state index contributed by atoms with van der Waals surface area (Å²) in [7, 11) is -3.35. The first-order valence-electron chi connectivity index (χ1n) is 2.33. The quantitative estimate of drug-likeness (QED) is 0.593. The lowest BCUT2D eigenvalue weighted by molar-refractivity contribution is 0.283. The average molecular weight is 158 g/mol. The molecule has 0 rings (SSSR count). The van der Waals surface area contributed by atoms with Gasteiger partial charge in [-0.05, 0) is 0 Å². The Morgan fingerprint density at radius 2 is 2.00 bits per heavy atom. The van der Waals surface area contributed by atoms with Gasteiger partial charge in [-0.2, -0.15) is 0 Å². The van der Waals surface area contributed by atoms with Crippen molar-refractivity contribution >= 4 is 9.84 Å². The minimum absolute atomic E-state index is 0.719. The summed E-state index contributed by atoms with van der Waals surface area (Å²) in [5.41, 5.74) is 0. The van der Waals surface area contributed by atoms with Crippen LogP contribution in [0.1, 0.15) is 0 Å². The zero-order valence-electron chi connectivity index (χ0n) is 4.97. The summed E-state index contributed by atoms with van der Waals surface area (Å²) in [6, 6.07) is 0. The van der Waals surface area contributed by atoms with Crippen molar-refractivity contribution in [2.45, 2.75) is 6.17 Å². The second-order valence-corrected chi connectivity index (χ2v) is 4.03. The van der Waals surface area contributed by atoms with E-state index in [1.54, 1.807) is 0 Å². The minimum Gasteiger partial charge on any atom is -0.248 e. The first-order chi connectivity index (χ1) is 3.95. The second-order valence-electron chi connectivity index (χ2n) is 1.84. The van der Waals surface area contributed by atoms with Crippen LogP contribution in [0.2, 0.25) is 0 Å². The standard InChI is InChI=1S/C4H8F2O2S/c1-9(7,8)3-4(6)2-5/h4H,2-3H2,1H3. The molecule has 0 aliphatic heterocycles. The Kier molecular flexibility index (Phi) is 3.03. The Labute approximate surface area is 52.8 Å². The first kappa shape index (κ1) is 8.81. The van der Waals surface area contributed by atoms with Crippen LogP contribution >= 0.6 is 0 Å². The number of rotatable bonds is 3. The van der Waals surface area contributed by atoms with E-state index in [-0.39, 0.29) is 0 Å². The van der Waals surface area contributed by atoms with E-state index in [4.69, 9.17) is 0 Å². The normalized spacial score (nSPS) is 15.4. The van der Waals surface area contributed by atoms with Crippen molar-refractivity contribution in [2.24, 2.45) is 0 Å². The zero-order valence-corrected chi connectivity index (χ0v) is 5.79. The molecule has 0 aliphatic rings. The van der Waals surface area contributed by atoms with Crippen LogP contribution in [0.3, 0.4) is 0 Å². The fourth-order valence-electron chi connectivity index (χ4n) is 0.373. The molecule has 0 aromatic heterocycles. The zero-order chi connectivity index (χ0) is 7.49. The Hall–Kier alpha value is -0.190. The van der Waals surface area contributed by atoms with Crippen molar-refractivity contribution in [3.05, 3.63) is 0 Å². The van der Waals surface area contributed by atoms with Gasteiger partial charge in [0.2, 0.25) is 0 Å². The molecule has 1 atom stereocenters. The van der Waals surface area contributed by atoms with E-state index in [0.717, 1.165) is 6.26 Å². The first-order valence-corrected chi connectivity index (χ1v) is 4.39. The smallest absolute Gasteiger partial charge is 0.150 e. The van der Waals surface area contributed by atoms with E-state index < -0.39 is 28.4 Å². The van der Waals surface area contributed by atoms with Gasteiger partial charge in [0, 0.05) is 6.26 Å². The maximum atomic E-state index is 11.9. The highest BCUT2D eigenvalue weighted by molar-refractivity contribution is 7.90. The number of hydrogen-bond acceptors (Lipinski definition) is 2. The van der Waals surface area contributed by atoms with Crippen molar-refractivity contribution in [3.63, 3.8) is 0 Å². The molecule has 0 bridgehead atoms. The molecule has 0 radical (unpaired) electrons. The van der Waals surface area contributed by atoms with Gasteiger partial charge in [-0.15, -0.1) is 0 Å². The molecule has 0 heterocycles. The highest BCUT2D eigenvalue weighted by atomic mass is 32.2. The molecule has 0 aromatic rings. The predicted octanol–water partition coefficient (Wildman–Crippen LogP) is 0.339. The van der Waals surface area contributed by atoms with Crippen LogP contribution in [0.4, 0.5) is 8.78 Å². The summed E-state index contributed by atoms with van der Waals surface area (Å²) in [4.78, 5) is 0. The van der Waals surface area contributed by atoms with Crippen LogP contribution in [-0.2, 0) is 9.84 Å². The van der Waals surface area contributed by atoms with Crippen LogP contribution in [0.15, 0.2) is 0 Å². The molecular formula is C4H8F2O2S. The summed E-state index contributed by atoms with van der Waals surface area (Å²) in [5, 5.41) is 0. The molecule has 56 valence electrons.